The molecule has 110 valence electrons. The van der Waals surface area contributed by atoms with Crippen LogP contribution in [-0.2, 0) is 0 Å². The van der Waals surface area contributed by atoms with Gasteiger partial charge in [0.25, 0.3) is 5.56 Å². The molecular formula is C16H18BrN3O. The van der Waals surface area contributed by atoms with Crippen LogP contribution in [0.1, 0.15) is 29.9 Å². The molecule has 0 bridgehead atoms. The van der Waals surface area contributed by atoms with Crippen LogP contribution in [0, 0.1) is 0 Å². The molecule has 5 heteroatoms. The highest BCUT2D eigenvalue weighted by Crippen LogP contribution is 2.33. The van der Waals surface area contributed by atoms with Gasteiger partial charge < -0.3 is 4.98 Å². The Bertz CT molecular complexity index is 637. The zero-order valence-corrected chi connectivity index (χ0v) is 13.3. The van der Waals surface area contributed by atoms with Crippen LogP contribution < -0.4 is 5.56 Å². The van der Waals surface area contributed by atoms with Crippen LogP contribution in [0.15, 0.2) is 47.7 Å². The smallest absolute Gasteiger partial charge is 0.254 e. The molecule has 4 nitrogen and oxygen atoms in total. The van der Waals surface area contributed by atoms with Gasteiger partial charge >= 0.3 is 0 Å². The number of rotatable bonds is 4. The average Bonchev–Trinajstić information content (AvgIpc) is 3.05. The minimum absolute atomic E-state index is 0.0262. The second-order valence-corrected chi connectivity index (χ2v) is 6.28. The summed E-state index contributed by atoms with van der Waals surface area (Å²) >= 11 is 3.82. The molecule has 3 rings (SSSR count). The lowest BCUT2D eigenvalue weighted by molar-refractivity contribution is 0.303. The minimum atomic E-state index is -0.0671. The van der Waals surface area contributed by atoms with E-state index in [0.717, 1.165) is 18.7 Å². The third kappa shape index (κ3) is 3.09. The molecule has 1 saturated heterocycles. The zero-order chi connectivity index (χ0) is 14.7. The molecular weight excluding hydrogens is 330 g/mol. The van der Waals surface area contributed by atoms with Gasteiger partial charge in [0.1, 0.15) is 0 Å². The Hall–Kier alpha value is -1.46. The summed E-state index contributed by atoms with van der Waals surface area (Å²) in [4.78, 5) is 21.5. The zero-order valence-electron chi connectivity index (χ0n) is 11.7. The fourth-order valence-electron chi connectivity index (χ4n) is 2.92. The minimum Gasteiger partial charge on any atom is -0.313 e. The van der Waals surface area contributed by atoms with Crippen molar-refractivity contribution < 1.29 is 0 Å². The largest absolute Gasteiger partial charge is 0.313 e. The molecule has 2 heterocycles. The number of benzene rings is 1. The van der Waals surface area contributed by atoms with E-state index in [1.807, 2.05) is 18.2 Å². The molecule has 1 aromatic heterocycles. The third-order valence-electron chi connectivity index (χ3n) is 4.00. The van der Waals surface area contributed by atoms with Crippen LogP contribution >= 0.6 is 15.9 Å². The van der Waals surface area contributed by atoms with Gasteiger partial charge in [0.05, 0.1) is 11.3 Å². The van der Waals surface area contributed by atoms with E-state index in [1.165, 1.54) is 19.2 Å². The van der Waals surface area contributed by atoms with E-state index in [2.05, 4.69) is 42.9 Å². The summed E-state index contributed by atoms with van der Waals surface area (Å²) in [7, 11) is 0. The van der Waals surface area contributed by atoms with Crippen LogP contribution in [0.5, 0.6) is 0 Å². The molecule has 0 radical (unpaired) electrons. The molecule has 2 aromatic rings. The van der Waals surface area contributed by atoms with Gasteiger partial charge in [-0.3, -0.25) is 9.69 Å². The van der Waals surface area contributed by atoms with E-state index in [0.29, 0.717) is 5.56 Å². The summed E-state index contributed by atoms with van der Waals surface area (Å²) in [5.41, 5.74) is 1.77. The Balaban J connectivity index is 2.03. The van der Waals surface area contributed by atoms with Gasteiger partial charge in [-0.05, 0) is 31.5 Å². The third-order valence-corrected chi connectivity index (χ3v) is 5.11. The van der Waals surface area contributed by atoms with Crippen LogP contribution in [0.25, 0.3) is 0 Å². The number of aromatic nitrogens is 2. The lowest BCUT2D eigenvalue weighted by Gasteiger charge is -2.30. The summed E-state index contributed by atoms with van der Waals surface area (Å²) in [5, 5.41) is 0. The van der Waals surface area contributed by atoms with Gasteiger partial charge in [-0.25, -0.2) is 4.98 Å². The Morgan fingerprint density at radius 3 is 2.57 bits per heavy atom. The summed E-state index contributed by atoms with van der Waals surface area (Å²) < 4.78 is 0. The van der Waals surface area contributed by atoms with Gasteiger partial charge in [0, 0.05) is 17.7 Å². The van der Waals surface area contributed by atoms with Gasteiger partial charge in [-0.1, -0.05) is 46.3 Å². The number of hydrogen-bond acceptors (Lipinski definition) is 3. The van der Waals surface area contributed by atoms with Gasteiger partial charge in [-0.15, -0.1) is 0 Å². The van der Waals surface area contributed by atoms with Crippen molar-refractivity contribution in [2.75, 3.05) is 13.1 Å². The first kappa shape index (κ1) is 14.5. The maximum absolute atomic E-state index is 12.2. The van der Waals surface area contributed by atoms with E-state index < -0.39 is 0 Å². The maximum atomic E-state index is 12.2. The van der Waals surface area contributed by atoms with E-state index in [1.54, 1.807) is 6.20 Å². The number of alkyl halides is 1. The molecule has 0 amide bonds. The van der Waals surface area contributed by atoms with Crippen LogP contribution in [0.2, 0.25) is 0 Å². The Kier molecular flexibility index (Phi) is 4.51. The average molecular weight is 348 g/mol. The second-order valence-electron chi connectivity index (χ2n) is 5.34. The van der Waals surface area contributed by atoms with Gasteiger partial charge in [0.15, 0.2) is 0 Å². The number of hydrogen-bond donors (Lipinski definition) is 1. The molecule has 0 saturated carbocycles. The van der Waals surface area contributed by atoms with Crippen LogP contribution in [0.4, 0.5) is 0 Å². The van der Waals surface area contributed by atoms with E-state index in [4.69, 9.17) is 0 Å². The quantitative estimate of drug-likeness (QED) is 0.683. The molecule has 0 aliphatic carbocycles. The number of halogens is 1. The SMILES string of the molecule is O=c1[nH]cncc1C(c1ccccc1)C(Br)N1CCCC1. The Morgan fingerprint density at radius 2 is 1.90 bits per heavy atom. The van der Waals surface area contributed by atoms with Gasteiger partial charge in [-0.2, -0.15) is 0 Å². The number of H-pyrrole nitrogens is 1. The summed E-state index contributed by atoms with van der Waals surface area (Å²) in [6.45, 7) is 2.13. The fraction of sp³-hybridized carbons (Fsp3) is 0.375. The highest BCUT2D eigenvalue weighted by atomic mass is 79.9. The van der Waals surface area contributed by atoms with E-state index >= 15 is 0 Å². The van der Waals surface area contributed by atoms with Crippen molar-refractivity contribution in [1.82, 2.24) is 14.9 Å². The standard InChI is InChI=1S/C16H18BrN3O/c17-15(20-8-4-5-9-20)14(12-6-2-1-3-7-12)13-10-18-11-19-16(13)21/h1-3,6-7,10-11,14-15H,4-5,8-9H2,(H,18,19,21). The van der Waals surface area contributed by atoms with Crippen LogP contribution in [-0.4, -0.2) is 32.9 Å². The van der Waals surface area contributed by atoms with Crippen LogP contribution in [0.3, 0.4) is 0 Å². The summed E-state index contributed by atoms with van der Waals surface area (Å²) in [6, 6.07) is 10.2. The number of nitrogens with zero attached hydrogens (tertiary/aromatic N) is 2. The predicted molar refractivity (Wildman–Crippen MR) is 86.7 cm³/mol. The fourth-order valence-corrected chi connectivity index (χ4v) is 3.92. The molecule has 1 aliphatic rings. The van der Waals surface area contributed by atoms with Crippen molar-refractivity contribution in [3.05, 3.63) is 64.3 Å². The molecule has 1 fully saturated rings. The molecule has 2 atom stereocenters. The van der Waals surface area contributed by atoms with Crippen molar-refractivity contribution >= 4 is 15.9 Å². The summed E-state index contributed by atoms with van der Waals surface area (Å²) in [6.07, 6.45) is 5.55. The van der Waals surface area contributed by atoms with Crippen molar-refractivity contribution in [3.63, 3.8) is 0 Å². The maximum Gasteiger partial charge on any atom is 0.254 e. The first-order chi connectivity index (χ1) is 10.3. The molecule has 21 heavy (non-hydrogen) atoms. The monoisotopic (exact) mass is 347 g/mol. The van der Waals surface area contributed by atoms with Crippen molar-refractivity contribution in [2.24, 2.45) is 0 Å². The van der Waals surface area contributed by atoms with E-state index in [9.17, 15) is 4.79 Å². The van der Waals surface area contributed by atoms with Gasteiger partial charge in [0.2, 0.25) is 0 Å². The molecule has 1 aliphatic heterocycles. The number of likely N-dealkylation sites (tertiary alicyclic amines) is 1. The molecule has 1 N–H and O–H groups in total. The lowest BCUT2D eigenvalue weighted by atomic mass is 9.92. The van der Waals surface area contributed by atoms with Crippen molar-refractivity contribution in [2.45, 2.75) is 23.7 Å². The highest BCUT2D eigenvalue weighted by molar-refractivity contribution is 9.09. The van der Waals surface area contributed by atoms with Crippen molar-refractivity contribution in [3.8, 4) is 0 Å². The summed E-state index contributed by atoms with van der Waals surface area (Å²) in [5.74, 6) is -0.0262. The van der Waals surface area contributed by atoms with E-state index in [-0.39, 0.29) is 16.4 Å². The first-order valence-electron chi connectivity index (χ1n) is 7.23. The number of aromatic amines is 1. The van der Waals surface area contributed by atoms with Crippen molar-refractivity contribution in [1.29, 1.82) is 0 Å². The molecule has 2 unspecified atom stereocenters. The number of nitrogens with one attached hydrogen (secondary N) is 1. The Morgan fingerprint density at radius 1 is 1.19 bits per heavy atom. The molecule has 1 aromatic carbocycles. The second kappa shape index (κ2) is 6.54. The first-order valence-corrected chi connectivity index (χ1v) is 8.14. The Labute approximate surface area is 132 Å². The lowest BCUT2D eigenvalue weighted by Crippen LogP contribution is -2.35. The molecule has 0 spiro atoms. The predicted octanol–water partition coefficient (Wildman–Crippen LogP) is 2.72. The highest BCUT2D eigenvalue weighted by Gasteiger charge is 2.31. The topological polar surface area (TPSA) is 49.0 Å². The normalized spacial score (nSPS) is 18.5.